The molecule has 0 aliphatic rings. The van der Waals surface area contributed by atoms with Gasteiger partial charge in [-0.05, 0) is 28.3 Å². The van der Waals surface area contributed by atoms with Crippen LogP contribution in [0.4, 0.5) is 0 Å². The maximum atomic E-state index is 7.31. The van der Waals surface area contributed by atoms with Gasteiger partial charge in [0, 0.05) is 0 Å². The molecule has 2 heteroatoms. The molecule has 0 amide bonds. The fraction of sp³-hybridized carbons (Fsp3) is 0.481. The van der Waals surface area contributed by atoms with E-state index in [1.165, 1.54) is 36.1 Å². The number of rotatable bonds is 11. The molecule has 0 radical (unpaired) electrons. The summed E-state index contributed by atoms with van der Waals surface area (Å²) in [6.07, 6.45) is 12.0. The quantitative estimate of drug-likeness (QED) is 0.224. The Labute approximate surface area is 180 Å². The summed E-state index contributed by atoms with van der Waals surface area (Å²) in [5.74, 6) is 0. The maximum absolute atomic E-state index is 7.31. The fourth-order valence-corrected chi connectivity index (χ4v) is 8.75. The lowest BCUT2D eigenvalue weighted by atomic mass is 10.1. The van der Waals surface area contributed by atoms with Crippen LogP contribution in [0.5, 0.6) is 0 Å². The van der Waals surface area contributed by atoms with Gasteiger partial charge >= 0.3 is 0 Å². The molecule has 0 spiro atoms. The molecular weight excluding hydrogens is 368 g/mol. The monoisotopic (exact) mass is 408 g/mol. The van der Waals surface area contributed by atoms with Crippen LogP contribution in [0.2, 0.25) is 5.04 Å². The van der Waals surface area contributed by atoms with Crippen molar-refractivity contribution in [2.75, 3.05) is 0 Å². The number of unbranched alkanes of at least 4 members (excludes halogenated alkanes) is 3. The third-order valence-electron chi connectivity index (χ3n) is 5.66. The predicted molar refractivity (Wildman–Crippen MR) is 131 cm³/mol. The van der Waals surface area contributed by atoms with E-state index >= 15 is 0 Å². The Morgan fingerprint density at radius 1 is 0.828 bits per heavy atom. The molecular formula is C27H40OSi. The van der Waals surface area contributed by atoms with Gasteiger partial charge in [0.2, 0.25) is 0 Å². The highest BCUT2D eigenvalue weighted by molar-refractivity contribution is 6.99. The lowest BCUT2D eigenvalue weighted by Gasteiger charge is -2.45. The van der Waals surface area contributed by atoms with E-state index in [9.17, 15) is 0 Å². The summed E-state index contributed by atoms with van der Waals surface area (Å²) in [5, 5.41) is 2.75. The number of hydrogen-bond acceptors (Lipinski definition) is 1. The van der Waals surface area contributed by atoms with Gasteiger partial charge in [-0.3, -0.25) is 0 Å². The van der Waals surface area contributed by atoms with Crippen molar-refractivity contribution in [2.24, 2.45) is 0 Å². The molecule has 0 aromatic heterocycles. The average molecular weight is 409 g/mol. The highest BCUT2D eigenvalue weighted by atomic mass is 28.4. The van der Waals surface area contributed by atoms with Gasteiger partial charge in [-0.25, -0.2) is 0 Å². The summed E-state index contributed by atoms with van der Waals surface area (Å²) < 4.78 is 7.31. The molecule has 0 saturated heterocycles. The Balaban J connectivity index is 2.54. The second kappa shape index (κ2) is 11.5. The van der Waals surface area contributed by atoms with Gasteiger partial charge in [-0.15, -0.1) is 0 Å². The van der Waals surface area contributed by atoms with E-state index in [0.29, 0.717) is 0 Å². The molecule has 0 saturated carbocycles. The van der Waals surface area contributed by atoms with Crippen molar-refractivity contribution in [3.05, 3.63) is 72.8 Å². The third-order valence-corrected chi connectivity index (χ3v) is 10.7. The highest BCUT2D eigenvalue weighted by Gasteiger charge is 2.51. The standard InChI is InChI=1S/C27H40OSi/c1-6-8-10-13-19-24(18-9-7-2)28-29(27(3,4)5,25-20-14-11-15-21-25)26-22-16-12-17-23-26/h11-17,19-24H,6-10,18H2,1-5H3/b19-13+. The van der Waals surface area contributed by atoms with Crippen LogP contribution in [0.3, 0.4) is 0 Å². The largest absolute Gasteiger partial charge is 0.401 e. The molecule has 0 heterocycles. The molecule has 2 aromatic carbocycles. The number of benzene rings is 2. The van der Waals surface area contributed by atoms with E-state index in [0.717, 1.165) is 12.8 Å². The minimum atomic E-state index is -2.48. The van der Waals surface area contributed by atoms with E-state index in [-0.39, 0.29) is 11.1 Å². The van der Waals surface area contributed by atoms with Crippen molar-refractivity contribution in [3.8, 4) is 0 Å². The van der Waals surface area contributed by atoms with Crippen molar-refractivity contribution < 1.29 is 4.43 Å². The van der Waals surface area contributed by atoms with Gasteiger partial charge in [-0.2, -0.15) is 0 Å². The lowest BCUT2D eigenvalue weighted by molar-refractivity contribution is 0.219. The highest BCUT2D eigenvalue weighted by Crippen LogP contribution is 2.38. The summed E-state index contributed by atoms with van der Waals surface area (Å²) in [6.45, 7) is 11.6. The van der Waals surface area contributed by atoms with Crippen molar-refractivity contribution in [3.63, 3.8) is 0 Å². The molecule has 0 fully saturated rings. The summed E-state index contributed by atoms with van der Waals surface area (Å²) in [6, 6.07) is 22.0. The average Bonchev–Trinajstić information content (AvgIpc) is 2.73. The zero-order valence-corrected chi connectivity index (χ0v) is 20.2. The predicted octanol–water partition coefficient (Wildman–Crippen LogP) is 6.87. The van der Waals surface area contributed by atoms with Crippen molar-refractivity contribution in [2.45, 2.75) is 84.3 Å². The Kier molecular flexibility index (Phi) is 9.39. The first kappa shape index (κ1) is 23.6. The van der Waals surface area contributed by atoms with E-state index in [1.54, 1.807) is 0 Å². The summed E-state index contributed by atoms with van der Waals surface area (Å²) in [5.41, 5.74) is 0. The molecule has 0 N–H and O–H groups in total. The Morgan fingerprint density at radius 3 is 1.79 bits per heavy atom. The molecule has 2 rings (SSSR count). The SMILES string of the molecule is CCCC/C=C/C(CCCC)O[Si](c1ccccc1)(c1ccccc1)C(C)(C)C. The minimum Gasteiger partial charge on any atom is -0.401 e. The normalized spacial score (nSPS) is 13.7. The molecule has 158 valence electrons. The molecule has 1 atom stereocenters. The van der Waals surface area contributed by atoms with Crippen LogP contribution in [0.15, 0.2) is 72.8 Å². The third kappa shape index (κ3) is 6.17. The van der Waals surface area contributed by atoms with Gasteiger partial charge in [0.15, 0.2) is 0 Å². The van der Waals surface area contributed by atoms with Crippen LogP contribution < -0.4 is 10.4 Å². The van der Waals surface area contributed by atoms with Gasteiger partial charge in [0.1, 0.15) is 0 Å². The van der Waals surface area contributed by atoms with Gasteiger partial charge in [-0.1, -0.05) is 133 Å². The van der Waals surface area contributed by atoms with Crippen molar-refractivity contribution in [1.82, 2.24) is 0 Å². The van der Waals surface area contributed by atoms with E-state index in [2.05, 4.69) is 107 Å². The summed E-state index contributed by atoms with van der Waals surface area (Å²) in [7, 11) is -2.48. The van der Waals surface area contributed by atoms with Crippen LogP contribution in [-0.4, -0.2) is 14.4 Å². The molecule has 0 aliphatic heterocycles. The molecule has 1 nitrogen and oxygen atoms in total. The van der Waals surface area contributed by atoms with Crippen molar-refractivity contribution in [1.29, 1.82) is 0 Å². The first-order chi connectivity index (χ1) is 14.0. The molecule has 0 bridgehead atoms. The van der Waals surface area contributed by atoms with Gasteiger partial charge in [0.05, 0.1) is 6.10 Å². The van der Waals surface area contributed by atoms with Crippen molar-refractivity contribution >= 4 is 18.7 Å². The number of hydrogen-bond donors (Lipinski definition) is 0. The Morgan fingerprint density at radius 2 is 1.34 bits per heavy atom. The summed E-state index contributed by atoms with van der Waals surface area (Å²) >= 11 is 0. The van der Waals surface area contributed by atoms with Gasteiger partial charge in [0.25, 0.3) is 8.32 Å². The molecule has 2 aromatic rings. The second-order valence-corrected chi connectivity index (χ2v) is 13.3. The van der Waals surface area contributed by atoms with Crippen LogP contribution >= 0.6 is 0 Å². The van der Waals surface area contributed by atoms with Crippen LogP contribution in [-0.2, 0) is 4.43 Å². The van der Waals surface area contributed by atoms with E-state index in [1.807, 2.05) is 0 Å². The van der Waals surface area contributed by atoms with Crippen LogP contribution in [0, 0.1) is 0 Å². The smallest absolute Gasteiger partial charge is 0.261 e. The summed E-state index contributed by atoms with van der Waals surface area (Å²) in [4.78, 5) is 0. The molecule has 29 heavy (non-hydrogen) atoms. The number of allylic oxidation sites excluding steroid dienone is 1. The zero-order valence-electron chi connectivity index (χ0n) is 19.2. The van der Waals surface area contributed by atoms with E-state index < -0.39 is 8.32 Å². The zero-order chi connectivity index (χ0) is 21.2. The Hall–Kier alpha value is -1.64. The molecule has 1 unspecified atom stereocenters. The first-order valence-electron chi connectivity index (χ1n) is 11.4. The van der Waals surface area contributed by atoms with Gasteiger partial charge < -0.3 is 4.43 Å². The van der Waals surface area contributed by atoms with Crippen LogP contribution in [0.1, 0.15) is 73.1 Å². The lowest BCUT2D eigenvalue weighted by Crippen LogP contribution is -2.67. The first-order valence-corrected chi connectivity index (χ1v) is 13.3. The Bertz CT molecular complexity index is 676. The minimum absolute atomic E-state index is 0.0252. The fourth-order valence-electron chi connectivity index (χ4n) is 4.09. The maximum Gasteiger partial charge on any atom is 0.261 e. The molecule has 0 aliphatic carbocycles. The second-order valence-electron chi connectivity index (χ2n) is 9.03. The van der Waals surface area contributed by atoms with E-state index in [4.69, 9.17) is 4.43 Å². The van der Waals surface area contributed by atoms with Crippen LogP contribution in [0.25, 0.3) is 0 Å². The topological polar surface area (TPSA) is 9.23 Å².